The summed E-state index contributed by atoms with van der Waals surface area (Å²) >= 11 is 0. The summed E-state index contributed by atoms with van der Waals surface area (Å²) in [5, 5.41) is 12.2. The number of amides is 2. The molecule has 0 radical (unpaired) electrons. The molecular weight excluding hydrogens is 444 g/mol. The number of nitrogens with one attached hydrogen (secondary N) is 1. The summed E-state index contributed by atoms with van der Waals surface area (Å²) in [6.07, 6.45) is 3.68. The highest BCUT2D eigenvalue weighted by molar-refractivity contribution is 5.81. The Morgan fingerprint density at radius 2 is 1.60 bits per heavy atom. The van der Waals surface area contributed by atoms with Gasteiger partial charge in [-0.15, -0.1) is 0 Å². The summed E-state index contributed by atoms with van der Waals surface area (Å²) in [7, 11) is 1.64. The number of hydrogen-bond donors (Lipinski definition) is 2. The molecule has 0 spiro atoms. The summed E-state index contributed by atoms with van der Waals surface area (Å²) in [5.74, 6) is -2.11. The van der Waals surface area contributed by atoms with Gasteiger partial charge in [-0.25, -0.2) is 4.79 Å². The molecule has 0 aromatic heterocycles. The number of rotatable bonds is 7. The summed E-state index contributed by atoms with van der Waals surface area (Å²) in [6.45, 7) is 1.95. The van der Waals surface area contributed by atoms with E-state index in [1.165, 1.54) is 16.0 Å². The van der Waals surface area contributed by atoms with Crippen LogP contribution in [0, 0.1) is 11.8 Å². The molecule has 0 aliphatic heterocycles. The molecule has 1 unspecified atom stereocenters. The maximum atomic E-state index is 13.2. The number of nitrogens with zero attached hydrogens (tertiary/aromatic N) is 1. The van der Waals surface area contributed by atoms with Gasteiger partial charge in [0.05, 0.1) is 11.8 Å². The van der Waals surface area contributed by atoms with E-state index in [9.17, 15) is 19.5 Å². The summed E-state index contributed by atoms with van der Waals surface area (Å²) in [4.78, 5) is 38.8. The number of carbonyl (C=O) groups excluding carboxylic acids is 2. The maximum absolute atomic E-state index is 13.2. The predicted molar refractivity (Wildman–Crippen MR) is 133 cm³/mol. The highest BCUT2D eigenvalue weighted by Crippen LogP contribution is 2.44. The summed E-state index contributed by atoms with van der Waals surface area (Å²) in [5.41, 5.74) is 4.65. The van der Waals surface area contributed by atoms with Crippen LogP contribution >= 0.6 is 0 Å². The van der Waals surface area contributed by atoms with Gasteiger partial charge in [0.2, 0.25) is 5.91 Å². The fraction of sp³-hybridized carbons (Fsp3) is 0.464. The molecule has 0 bridgehead atoms. The van der Waals surface area contributed by atoms with E-state index in [0.29, 0.717) is 12.8 Å². The average Bonchev–Trinajstić information content (AvgIpc) is 2.99. The van der Waals surface area contributed by atoms with E-state index in [1.807, 2.05) is 24.3 Å². The molecule has 3 atom stereocenters. The van der Waals surface area contributed by atoms with Gasteiger partial charge in [-0.05, 0) is 35.1 Å². The van der Waals surface area contributed by atoms with Crippen molar-refractivity contribution < 1.29 is 24.2 Å². The van der Waals surface area contributed by atoms with Gasteiger partial charge in [0.15, 0.2) is 0 Å². The van der Waals surface area contributed by atoms with Gasteiger partial charge in [-0.3, -0.25) is 9.59 Å². The van der Waals surface area contributed by atoms with Crippen molar-refractivity contribution in [2.24, 2.45) is 11.8 Å². The van der Waals surface area contributed by atoms with Crippen molar-refractivity contribution in [3.63, 3.8) is 0 Å². The molecule has 2 aromatic carbocycles. The number of carboxylic acids is 1. The number of aliphatic carboxylic acids is 1. The maximum Gasteiger partial charge on any atom is 0.407 e. The first-order valence-corrected chi connectivity index (χ1v) is 12.5. The fourth-order valence-electron chi connectivity index (χ4n) is 5.43. The number of carbonyl (C=O) groups is 3. The molecule has 186 valence electrons. The molecule has 2 aliphatic rings. The van der Waals surface area contributed by atoms with Crippen LogP contribution in [0.4, 0.5) is 4.79 Å². The minimum absolute atomic E-state index is 0.0247. The Labute approximate surface area is 206 Å². The van der Waals surface area contributed by atoms with Crippen LogP contribution in [0.3, 0.4) is 0 Å². The zero-order chi connectivity index (χ0) is 24.9. The molecule has 2 amide bonds. The molecule has 0 heterocycles. The van der Waals surface area contributed by atoms with E-state index in [4.69, 9.17) is 4.74 Å². The van der Waals surface area contributed by atoms with Crippen LogP contribution < -0.4 is 5.32 Å². The van der Waals surface area contributed by atoms with E-state index in [-0.39, 0.29) is 36.9 Å². The van der Waals surface area contributed by atoms with Gasteiger partial charge in [-0.1, -0.05) is 74.7 Å². The Hall–Kier alpha value is -3.35. The largest absolute Gasteiger partial charge is 0.481 e. The molecule has 7 heteroatoms. The topological polar surface area (TPSA) is 95.9 Å². The van der Waals surface area contributed by atoms with Gasteiger partial charge >= 0.3 is 12.1 Å². The Kier molecular flexibility index (Phi) is 7.73. The standard InChI is InChI=1S/C28H34N2O5/c1-18(27(32)33)16-30(2)26(31)23-14-4-3-5-15-25(23)29-28(34)35-17-24-21-12-8-6-10-19(21)20-11-7-9-13-22(20)24/h6-13,18,23-25H,3-5,14-17H2,1-2H3,(H,29,34)(H,32,33)/t18?,23-,25+/m0/s1. The molecule has 4 rings (SSSR count). The monoisotopic (exact) mass is 478 g/mol. The van der Waals surface area contributed by atoms with Crippen molar-refractivity contribution in [3.8, 4) is 11.1 Å². The highest BCUT2D eigenvalue weighted by Gasteiger charge is 2.34. The molecular formula is C28H34N2O5. The first-order valence-electron chi connectivity index (χ1n) is 12.5. The van der Waals surface area contributed by atoms with Crippen molar-refractivity contribution in [2.45, 2.75) is 51.0 Å². The molecule has 2 N–H and O–H groups in total. The number of alkyl carbamates (subject to hydrolysis) is 1. The molecule has 0 saturated heterocycles. The average molecular weight is 479 g/mol. The Morgan fingerprint density at radius 3 is 2.23 bits per heavy atom. The van der Waals surface area contributed by atoms with Crippen LogP contribution in [0.1, 0.15) is 56.1 Å². The number of fused-ring (bicyclic) bond motifs is 3. The number of carboxylic acid groups (broad SMARTS) is 1. The van der Waals surface area contributed by atoms with Gasteiger partial charge in [0, 0.05) is 25.6 Å². The normalized spacial score (nSPS) is 20.2. The lowest BCUT2D eigenvalue weighted by Gasteiger charge is -2.30. The first-order chi connectivity index (χ1) is 16.9. The van der Waals surface area contributed by atoms with Crippen LogP contribution in [0.2, 0.25) is 0 Å². The van der Waals surface area contributed by atoms with Crippen LogP contribution in [-0.2, 0) is 14.3 Å². The zero-order valence-electron chi connectivity index (χ0n) is 20.4. The molecule has 2 aromatic rings. The van der Waals surface area contributed by atoms with E-state index < -0.39 is 18.0 Å². The van der Waals surface area contributed by atoms with Crippen molar-refractivity contribution in [2.75, 3.05) is 20.2 Å². The lowest BCUT2D eigenvalue weighted by molar-refractivity contribution is -0.143. The molecule has 1 saturated carbocycles. The third kappa shape index (κ3) is 5.50. The predicted octanol–water partition coefficient (Wildman–Crippen LogP) is 4.65. The van der Waals surface area contributed by atoms with Crippen LogP contribution in [0.25, 0.3) is 11.1 Å². The first kappa shape index (κ1) is 24.8. The van der Waals surface area contributed by atoms with Gasteiger partial charge in [-0.2, -0.15) is 0 Å². The molecule has 7 nitrogen and oxygen atoms in total. The van der Waals surface area contributed by atoms with Gasteiger partial charge < -0.3 is 20.1 Å². The minimum atomic E-state index is -0.932. The smallest absolute Gasteiger partial charge is 0.407 e. The SMILES string of the molecule is CC(CN(C)C(=O)[C@H]1CCCCC[C@H]1NC(=O)OCC1c2ccccc2-c2ccccc21)C(=O)O. The third-order valence-corrected chi connectivity index (χ3v) is 7.33. The minimum Gasteiger partial charge on any atom is -0.481 e. The van der Waals surface area contributed by atoms with Gasteiger partial charge in [0.1, 0.15) is 6.61 Å². The summed E-state index contributed by atoms with van der Waals surface area (Å²) in [6, 6.07) is 16.1. The molecule has 1 fully saturated rings. The Morgan fingerprint density at radius 1 is 1.00 bits per heavy atom. The van der Waals surface area contributed by atoms with Crippen LogP contribution in [0.15, 0.2) is 48.5 Å². The zero-order valence-corrected chi connectivity index (χ0v) is 20.4. The number of hydrogen-bond acceptors (Lipinski definition) is 4. The fourth-order valence-corrected chi connectivity index (χ4v) is 5.43. The van der Waals surface area contributed by atoms with Crippen LogP contribution in [0.5, 0.6) is 0 Å². The highest BCUT2D eigenvalue weighted by atomic mass is 16.5. The Bertz CT molecular complexity index is 1040. The van der Waals surface area contributed by atoms with E-state index in [2.05, 4.69) is 29.6 Å². The van der Waals surface area contributed by atoms with Crippen LogP contribution in [-0.4, -0.2) is 54.2 Å². The second-order valence-electron chi connectivity index (χ2n) is 9.78. The number of benzene rings is 2. The van der Waals surface area contributed by atoms with E-state index in [1.54, 1.807) is 14.0 Å². The lowest BCUT2D eigenvalue weighted by Crippen LogP contribution is -2.48. The summed E-state index contributed by atoms with van der Waals surface area (Å²) < 4.78 is 5.72. The van der Waals surface area contributed by atoms with Crippen molar-refractivity contribution in [3.05, 3.63) is 59.7 Å². The van der Waals surface area contributed by atoms with Gasteiger partial charge in [0.25, 0.3) is 0 Å². The second-order valence-corrected chi connectivity index (χ2v) is 9.78. The molecule has 2 aliphatic carbocycles. The number of ether oxygens (including phenoxy) is 1. The second kappa shape index (κ2) is 10.9. The molecule has 35 heavy (non-hydrogen) atoms. The van der Waals surface area contributed by atoms with E-state index in [0.717, 1.165) is 30.4 Å². The quantitative estimate of drug-likeness (QED) is 0.565. The Balaban J connectivity index is 1.41. The third-order valence-electron chi connectivity index (χ3n) is 7.33. The van der Waals surface area contributed by atoms with Crippen molar-refractivity contribution in [1.82, 2.24) is 10.2 Å². The van der Waals surface area contributed by atoms with Crippen molar-refractivity contribution >= 4 is 18.0 Å². The lowest BCUT2D eigenvalue weighted by atomic mass is 9.93. The van der Waals surface area contributed by atoms with E-state index >= 15 is 0 Å². The van der Waals surface area contributed by atoms with Crippen molar-refractivity contribution in [1.29, 1.82) is 0 Å².